The van der Waals surface area contributed by atoms with Gasteiger partial charge in [-0.05, 0) is 51.7 Å². The normalized spacial score (nSPS) is 17.0. The number of carbonyl (C=O) groups excluding carboxylic acids is 1. The molecule has 1 saturated carbocycles. The van der Waals surface area contributed by atoms with Crippen molar-refractivity contribution in [1.82, 2.24) is 15.6 Å². The lowest BCUT2D eigenvalue weighted by molar-refractivity contribution is 0.0518. The van der Waals surface area contributed by atoms with Crippen LogP contribution in [0.15, 0.2) is 24.4 Å². The van der Waals surface area contributed by atoms with Crippen LogP contribution in [-0.4, -0.2) is 29.3 Å². The predicted octanol–water partition coefficient (Wildman–Crippen LogP) is 3.25. The van der Waals surface area contributed by atoms with E-state index in [1.165, 1.54) is 25.7 Å². The molecule has 1 aliphatic carbocycles. The molecule has 0 aliphatic heterocycles. The maximum atomic E-state index is 11.9. The van der Waals surface area contributed by atoms with E-state index in [1.807, 2.05) is 39.0 Å². The van der Waals surface area contributed by atoms with Crippen molar-refractivity contribution < 1.29 is 9.53 Å². The van der Waals surface area contributed by atoms with E-state index in [-0.39, 0.29) is 12.1 Å². The van der Waals surface area contributed by atoms with Crippen molar-refractivity contribution in [3.8, 4) is 0 Å². The van der Waals surface area contributed by atoms with Gasteiger partial charge in [-0.1, -0.05) is 18.9 Å². The summed E-state index contributed by atoms with van der Waals surface area (Å²) in [7, 11) is 0. The fourth-order valence-electron chi connectivity index (χ4n) is 3.01. The summed E-state index contributed by atoms with van der Waals surface area (Å²) in [5.74, 6) is 0.605. The van der Waals surface area contributed by atoms with Gasteiger partial charge >= 0.3 is 6.09 Å². The molecular formula is C18H29N3O2. The minimum atomic E-state index is -0.464. The van der Waals surface area contributed by atoms with Crippen molar-refractivity contribution >= 4 is 6.09 Å². The first-order valence-electron chi connectivity index (χ1n) is 8.54. The number of nitrogens with zero attached hydrogens (tertiary/aromatic N) is 1. The summed E-state index contributed by atoms with van der Waals surface area (Å²) in [5, 5.41) is 6.47. The zero-order valence-corrected chi connectivity index (χ0v) is 14.5. The van der Waals surface area contributed by atoms with Crippen LogP contribution in [0.1, 0.15) is 52.1 Å². The average Bonchev–Trinajstić information content (AvgIpc) is 3.00. The lowest BCUT2D eigenvalue weighted by atomic mass is 9.98. The van der Waals surface area contributed by atoms with Crippen molar-refractivity contribution in [2.75, 3.05) is 6.54 Å². The molecule has 1 aliphatic rings. The van der Waals surface area contributed by atoms with Crippen molar-refractivity contribution in [2.45, 2.75) is 64.6 Å². The quantitative estimate of drug-likeness (QED) is 0.845. The Bertz CT molecular complexity index is 479. The van der Waals surface area contributed by atoms with Gasteiger partial charge in [-0.15, -0.1) is 0 Å². The number of hydrogen-bond acceptors (Lipinski definition) is 4. The van der Waals surface area contributed by atoms with E-state index in [4.69, 9.17) is 4.74 Å². The molecule has 2 rings (SSSR count). The van der Waals surface area contributed by atoms with Crippen LogP contribution in [0.5, 0.6) is 0 Å². The van der Waals surface area contributed by atoms with Gasteiger partial charge in [-0.2, -0.15) is 0 Å². The summed E-state index contributed by atoms with van der Waals surface area (Å²) in [6.45, 7) is 6.94. The first-order chi connectivity index (χ1) is 10.9. The number of amides is 1. The van der Waals surface area contributed by atoms with Crippen molar-refractivity contribution in [3.05, 3.63) is 30.1 Å². The highest BCUT2D eigenvalue weighted by molar-refractivity contribution is 5.67. The molecule has 0 radical (unpaired) electrons. The Morgan fingerprint density at radius 2 is 2.09 bits per heavy atom. The monoisotopic (exact) mass is 319 g/mol. The van der Waals surface area contributed by atoms with E-state index in [2.05, 4.69) is 15.6 Å². The summed E-state index contributed by atoms with van der Waals surface area (Å²) in [4.78, 5) is 16.2. The summed E-state index contributed by atoms with van der Waals surface area (Å²) in [6, 6.07) is 6.18. The second-order valence-corrected chi connectivity index (χ2v) is 7.24. The molecule has 1 fully saturated rings. The Hall–Kier alpha value is -1.62. The lowest BCUT2D eigenvalue weighted by Gasteiger charge is -2.26. The lowest BCUT2D eigenvalue weighted by Crippen LogP contribution is -2.45. The topological polar surface area (TPSA) is 63.2 Å². The Morgan fingerprint density at radius 3 is 2.70 bits per heavy atom. The minimum Gasteiger partial charge on any atom is -0.444 e. The van der Waals surface area contributed by atoms with Gasteiger partial charge < -0.3 is 15.4 Å². The van der Waals surface area contributed by atoms with Gasteiger partial charge in [0.2, 0.25) is 0 Å². The number of ether oxygens (including phenoxy) is 1. The van der Waals surface area contributed by atoms with Crippen LogP contribution in [0.4, 0.5) is 4.79 Å². The number of pyridine rings is 1. The molecule has 1 heterocycles. The highest BCUT2D eigenvalue weighted by atomic mass is 16.6. The SMILES string of the molecule is CC(C)(C)OC(=O)NCC(NCc1ccccn1)C1CCCC1. The molecule has 1 aromatic heterocycles. The molecule has 1 unspecified atom stereocenters. The number of aromatic nitrogens is 1. The number of nitrogens with one attached hydrogen (secondary N) is 2. The van der Waals surface area contributed by atoms with Crippen molar-refractivity contribution in [2.24, 2.45) is 5.92 Å². The van der Waals surface area contributed by atoms with Crippen LogP contribution in [0.3, 0.4) is 0 Å². The predicted molar refractivity (Wildman–Crippen MR) is 91.1 cm³/mol. The van der Waals surface area contributed by atoms with E-state index >= 15 is 0 Å². The summed E-state index contributed by atoms with van der Waals surface area (Å²) < 4.78 is 5.32. The van der Waals surface area contributed by atoms with Gasteiger partial charge in [-0.25, -0.2) is 4.79 Å². The fourth-order valence-corrected chi connectivity index (χ4v) is 3.01. The first-order valence-corrected chi connectivity index (χ1v) is 8.54. The standard InChI is InChI=1S/C18H29N3O2/c1-18(2,3)23-17(22)21-13-16(14-8-4-5-9-14)20-12-15-10-6-7-11-19-15/h6-7,10-11,14,16,20H,4-5,8-9,12-13H2,1-3H3,(H,21,22). The molecule has 5 heteroatoms. The largest absolute Gasteiger partial charge is 0.444 e. The van der Waals surface area contributed by atoms with Gasteiger partial charge in [0.05, 0.1) is 5.69 Å². The van der Waals surface area contributed by atoms with E-state index in [1.54, 1.807) is 6.20 Å². The Labute approximate surface area is 139 Å². The molecule has 1 aromatic rings. The third kappa shape index (κ3) is 6.57. The molecular weight excluding hydrogens is 290 g/mol. The molecule has 23 heavy (non-hydrogen) atoms. The fraction of sp³-hybridized carbons (Fsp3) is 0.667. The smallest absolute Gasteiger partial charge is 0.407 e. The van der Waals surface area contributed by atoms with Crippen LogP contribution < -0.4 is 10.6 Å². The summed E-state index contributed by atoms with van der Waals surface area (Å²) >= 11 is 0. The van der Waals surface area contributed by atoms with Crippen LogP contribution in [0, 0.1) is 5.92 Å². The molecule has 128 valence electrons. The van der Waals surface area contributed by atoms with Gasteiger partial charge in [-0.3, -0.25) is 4.98 Å². The third-order valence-corrected chi connectivity index (χ3v) is 4.11. The summed E-state index contributed by atoms with van der Waals surface area (Å²) in [5.41, 5.74) is 0.557. The Kier molecular flexibility index (Phi) is 6.39. The number of hydrogen-bond donors (Lipinski definition) is 2. The maximum absolute atomic E-state index is 11.9. The van der Waals surface area contributed by atoms with Crippen molar-refractivity contribution in [1.29, 1.82) is 0 Å². The number of alkyl carbamates (subject to hydrolysis) is 1. The highest BCUT2D eigenvalue weighted by Gasteiger charge is 2.26. The molecule has 0 saturated heterocycles. The van der Waals surface area contributed by atoms with Crippen LogP contribution in [0.25, 0.3) is 0 Å². The van der Waals surface area contributed by atoms with Gasteiger partial charge in [0.1, 0.15) is 5.60 Å². The van der Waals surface area contributed by atoms with Crippen LogP contribution >= 0.6 is 0 Å². The second-order valence-electron chi connectivity index (χ2n) is 7.24. The molecule has 0 spiro atoms. The number of rotatable bonds is 6. The summed E-state index contributed by atoms with van der Waals surface area (Å²) in [6.07, 6.45) is 6.45. The molecule has 0 aromatic carbocycles. The van der Waals surface area contributed by atoms with Gasteiger partial charge in [0.15, 0.2) is 0 Å². The average molecular weight is 319 g/mol. The second kappa shape index (κ2) is 8.29. The Balaban J connectivity index is 1.85. The molecule has 1 amide bonds. The van der Waals surface area contributed by atoms with Crippen LogP contribution in [-0.2, 0) is 11.3 Å². The minimum absolute atomic E-state index is 0.257. The van der Waals surface area contributed by atoms with E-state index in [0.717, 1.165) is 12.2 Å². The van der Waals surface area contributed by atoms with E-state index in [0.29, 0.717) is 12.5 Å². The zero-order chi connectivity index (χ0) is 16.7. The zero-order valence-electron chi connectivity index (χ0n) is 14.5. The Morgan fingerprint density at radius 1 is 1.35 bits per heavy atom. The molecule has 2 N–H and O–H groups in total. The third-order valence-electron chi connectivity index (χ3n) is 4.11. The maximum Gasteiger partial charge on any atom is 0.407 e. The van der Waals surface area contributed by atoms with Crippen molar-refractivity contribution in [3.63, 3.8) is 0 Å². The van der Waals surface area contributed by atoms with E-state index in [9.17, 15) is 4.79 Å². The molecule has 0 bridgehead atoms. The molecule has 5 nitrogen and oxygen atoms in total. The number of carbonyl (C=O) groups is 1. The van der Waals surface area contributed by atoms with Crippen LogP contribution in [0.2, 0.25) is 0 Å². The molecule has 1 atom stereocenters. The first kappa shape index (κ1) is 17.7. The highest BCUT2D eigenvalue weighted by Crippen LogP contribution is 2.27. The van der Waals surface area contributed by atoms with Gasteiger partial charge in [0.25, 0.3) is 0 Å². The van der Waals surface area contributed by atoms with E-state index < -0.39 is 5.60 Å². The van der Waals surface area contributed by atoms with Gasteiger partial charge in [0, 0.05) is 25.3 Å².